The molecule has 1 aliphatic carbocycles. The van der Waals surface area contributed by atoms with Crippen molar-refractivity contribution in [2.24, 2.45) is 0 Å². The van der Waals surface area contributed by atoms with Gasteiger partial charge in [-0.05, 0) is 61.9 Å². The molecule has 204 valence electrons. The highest BCUT2D eigenvalue weighted by molar-refractivity contribution is 7.92. The van der Waals surface area contributed by atoms with E-state index in [0.29, 0.717) is 11.6 Å². The van der Waals surface area contributed by atoms with Crippen LogP contribution in [0.1, 0.15) is 38.2 Å². The molecular weight excluding hydrogens is 540 g/mol. The molecule has 0 amide bonds. The minimum atomic E-state index is -3.98. The number of ether oxygens (including phenoxy) is 1. The number of methoxy groups -OCH3 is 1. The summed E-state index contributed by atoms with van der Waals surface area (Å²) in [5.41, 5.74) is 3.04. The van der Waals surface area contributed by atoms with Crippen LogP contribution in [-0.4, -0.2) is 52.7 Å². The van der Waals surface area contributed by atoms with Crippen LogP contribution in [0, 0.1) is 0 Å². The molecule has 0 unspecified atom stereocenters. The van der Waals surface area contributed by atoms with Crippen molar-refractivity contribution in [2.45, 2.75) is 56.1 Å². The van der Waals surface area contributed by atoms with Gasteiger partial charge in [-0.2, -0.15) is 4.98 Å². The summed E-state index contributed by atoms with van der Waals surface area (Å²) in [5, 5.41) is 14.1. The lowest BCUT2D eigenvalue weighted by Gasteiger charge is -2.26. The van der Waals surface area contributed by atoms with Crippen molar-refractivity contribution in [3.63, 3.8) is 0 Å². The number of sulfonamides is 1. The van der Waals surface area contributed by atoms with E-state index in [9.17, 15) is 13.5 Å². The highest BCUT2D eigenvalue weighted by atomic mass is 35.5. The SMILES string of the molecule is CCc1cc(-c2ncc(NS(=O)(=O)c3ccccc3Cl)nc2OC)cc2cnc(N[C@H]3CC[C@H](O)CC3)nc12. The van der Waals surface area contributed by atoms with Crippen molar-refractivity contribution in [1.82, 2.24) is 19.9 Å². The molecule has 0 radical (unpaired) electrons. The van der Waals surface area contributed by atoms with Crippen LogP contribution >= 0.6 is 11.6 Å². The quantitative estimate of drug-likeness (QED) is 0.273. The average Bonchev–Trinajstić information content (AvgIpc) is 2.93. The minimum Gasteiger partial charge on any atom is -0.479 e. The molecule has 3 N–H and O–H groups in total. The Morgan fingerprint density at radius 3 is 2.56 bits per heavy atom. The van der Waals surface area contributed by atoms with Crippen LogP contribution in [-0.2, 0) is 16.4 Å². The third-order valence-corrected chi connectivity index (χ3v) is 8.60. The Morgan fingerprint density at radius 2 is 1.85 bits per heavy atom. The Morgan fingerprint density at radius 1 is 1.08 bits per heavy atom. The first-order chi connectivity index (χ1) is 18.8. The van der Waals surface area contributed by atoms with E-state index in [0.717, 1.165) is 54.1 Å². The first-order valence-corrected chi connectivity index (χ1v) is 14.6. The van der Waals surface area contributed by atoms with Crippen molar-refractivity contribution in [3.05, 3.63) is 59.4 Å². The van der Waals surface area contributed by atoms with Crippen molar-refractivity contribution in [2.75, 3.05) is 17.1 Å². The summed E-state index contributed by atoms with van der Waals surface area (Å²) in [7, 11) is -2.53. The van der Waals surface area contributed by atoms with Gasteiger partial charge < -0.3 is 15.2 Å². The molecule has 1 fully saturated rings. The highest BCUT2D eigenvalue weighted by Crippen LogP contribution is 2.33. The molecule has 10 nitrogen and oxygen atoms in total. The van der Waals surface area contributed by atoms with Crippen LogP contribution in [0.3, 0.4) is 0 Å². The Kier molecular flexibility index (Phi) is 7.83. The smallest absolute Gasteiger partial charge is 0.264 e. The summed E-state index contributed by atoms with van der Waals surface area (Å²) in [5.74, 6) is 0.731. The summed E-state index contributed by atoms with van der Waals surface area (Å²) in [6.07, 6.45) is 6.93. The third kappa shape index (κ3) is 5.90. The molecule has 1 aliphatic rings. The Bertz CT molecular complexity index is 1610. The number of aromatic nitrogens is 4. The maximum atomic E-state index is 12.8. The van der Waals surface area contributed by atoms with Crippen LogP contribution in [0.5, 0.6) is 5.88 Å². The second kappa shape index (κ2) is 11.3. The van der Waals surface area contributed by atoms with Gasteiger partial charge in [0, 0.05) is 23.2 Å². The molecule has 0 aliphatic heterocycles. The van der Waals surface area contributed by atoms with E-state index in [-0.39, 0.29) is 33.8 Å². The summed E-state index contributed by atoms with van der Waals surface area (Å²) >= 11 is 6.08. The number of aryl methyl sites for hydroxylation is 1. The van der Waals surface area contributed by atoms with Gasteiger partial charge in [0.2, 0.25) is 11.8 Å². The van der Waals surface area contributed by atoms with E-state index in [1.807, 2.05) is 19.1 Å². The molecule has 4 aromatic rings. The number of anilines is 2. The number of hydrogen-bond donors (Lipinski definition) is 3. The molecule has 0 bridgehead atoms. The van der Waals surface area contributed by atoms with E-state index in [4.69, 9.17) is 21.3 Å². The number of fused-ring (bicyclic) bond motifs is 1. The lowest BCUT2D eigenvalue weighted by molar-refractivity contribution is 0.126. The van der Waals surface area contributed by atoms with Gasteiger partial charge in [0.15, 0.2) is 5.82 Å². The second-order valence-corrected chi connectivity index (χ2v) is 11.5. The van der Waals surface area contributed by atoms with Gasteiger partial charge >= 0.3 is 0 Å². The molecule has 5 rings (SSSR count). The zero-order valence-corrected chi connectivity index (χ0v) is 23.1. The largest absolute Gasteiger partial charge is 0.479 e. The van der Waals surface area contributed by atoms with Gasteiger partial charge in [0.05, 0.1) is 29.9 Å². The number of benzene rings is 2. The number of nitrogens with zero attached hydrogens (tertiary/aromatic N) is 4. The highest BCUT2D eigenvalue weighted by Gasteiger charge is 2.22. The molecule has 0 saturated heterocycles. The van der Waals surface area contributed by atoms with Crippen LogP contribution in [0.25, 0.3) is 22.2 Å². The summed E-state index contributed by atoms with van der Waals surface area (Å²) < 4.78 is 33.6. The molecule has 2 aromatic heterocycles. The van der Waals surface area contributed by atoms with Crippen molar-refractivity contribution >= 4 is 44.3 Å². The maximum absolute atomic E-state index is 12.8. The van der Waals surface area contributed by atoms with Gasteiger partial charge in [-0.25, -0.2) is 23.4 Å². The Hall–Kier alpha value is -3.54. The average molecular weight is 569 g/mol. The third-order valence-electron chi connectivity index (χ3n) is 6.75. The second-order valence-electron chi connectivity index (χ2n) is 9.42. The molecule has 39 heavy (non-hydrogen) atoms. The number of nitrogens with one attached hydrogen (secondary N) is 2. The first-order valence-electron chi connectivity index (χ1n) is 12.7. The maximum Gasteiger partial charge on any atom is 0.264 e. The van der Waals surface area contributed by atoms with Crippen molar-refractivity contribution < 1.29 is 18.3 Å². The fourth-order valence-corrected chi connectivity index (χ4v) is 6.22. The van der Waals surface area contributed by atoms with E-state index < -0.39 is 10.0 Å². The summed E-state index contributed by atoms with van der Waals surface area (Å²) in [6.45, 7) is 2.05. The van der Waals surface area contributed by atoms with Crippen LogP contribution in [0.2, 0.25) is 5.02 Å². The van der Waals surface area contributed by atoms with Gasteiger partial charge in [0.1, 0.15) is 10.6 Å². The van der Waals surface area contributed by atoms with Crippen LogP contribution in [0.15, 0.2) is 53.7 Å². The Labute approximate surface area is 231 Å². The standard InChI is InChI=1S/C27H29ClN6O4S/c1-3-16-12-17(13-18-14-30-27(33-24(16)18)31-19-8-10-20(35)11-9-19)25-26(38-2)32-23(15-29-25)34-39(36,37)22-7-5-4-6-21(22)28/h4-7,12-15,19-20,35H,3,8-11H2,1-2H3,(H,32,34)(H,30,31,33)/t19-,20-. The minimum absolute atomic E-state index is 0.00121. The number of halogens is 1. The number of hydrogen-bond acceptors (Lipinski definition) is 9. The van der Waals surface area contributed by atoms with Gasteiger partial charge in [-0.15, -0.1) is 0 Å². The van der Waals surface area contributed by atoms with E-state index >= 15 is 0 Å². The molecule has 1 saturated carbocycles. The molecular formula is C27H29ClN6O4S. The van der Waals surface area contributed by atoms with E-state index in [2.05, 4.69) is 25.0 Å². The lowest BCUT2D eigenvalue weighted by Crippen LogP contribution is -2.28. The van der Waals surface area contributed by atoms with Gasteiger partial charge in [0.25, 0.3) is 10.0 Å². The first kappa shape index (κ1) is 27.0. The molecule has 0 spiro atoms. The molecule has 0 atom stereocenters. The Balaban J connectivity index is 1.44. The zero-order valence-electron chi connectivity index (χ0n) is 21.6. The van der Waals surface area contributed by atoms with Crippen molar-refractivity contribution in [1.29, 1.82) is 0 Å². The fourth-order valence-electron chi connectivity index (χ4n) is 4.71. The number of aliphatic hydroxyl groups excluding tert-OH is 1. The lowest BCUT2D eigenvalue weighted by atomic mass is 9.93. The number of aliphatic hydroxyl groups is 1. The topological polar surface area (TPSA) is 139 Å². The predicted octanol–water partition coefficient (Wildman–Crippen LogP) is 4.83. The fraction of sp³-hybridized carbons (Fsp3) is 0.333. The van der Waals surface area contributed by atoms with Crippen LogP contribution in [0.4, 0.5) is 11.8 Å². The predicted molar refractivity (Wildman–Crippen MR) is 151 cm³/mol. The van der Waals surface area contributed by atoms with E-state index in [1.165, 1.54) is 25.4 Å². The van der Waals surface area contributed by atoms with Gasteiger partial charge in [-0.3, -0.25) is 4.72 Å². The zero-order chi connectivity index (χ0) is 27.6. The normalized spacial score (nSPS) is 17.6. The van der Waals surface area contributed by atoms with Crippen molar-refractivity contribution in [3.8, 4) is 17.1 Å². The molecule has 12 heteroatoms. The summed E-state index contributed by atoms with van der Waals surface area (Å²) in [6, 6.07) is 10.3. The molecule has 2 aromatic carbocycles. The monoisotopic (exact) mass is 568 g/mol. The molecule has 2 heterocycles. The van der Waals surface area contributed by atoms with E-state index in [1.54, 1.807) is 18.3 Å². The van der Waals surface area contributed by atoms with Crippen LogP contribution < -0.4 is 14.8 Å². The van der Waals surface area contributed by atoms with Gasteiger partial charge in [-0.1, -0.05) is 30.7 Å². The number of rotatable bonds is 8. The summed E-state index contributed by atoms with van der Waals surface area (Å²) in [4.78, 5) is 18.1.